The fourth-order valence-electron chi connectivity index (χ4n) is 4.00. The zero-order valence-electron chi connectivity index (χ0n) is 16.0. The number of rotatable bonds is 3. The molecule has 1 aliphatic heterocycles. The molecule has 0 aliphatic carbocycles. The fourth-order valence-corrected chi connectivity index (χ4v) is 4.00. The summed E-state index contributed by atoms with van der Waals surface area (Å²) in [6.07, 6.45) is 5.32. The lowest BCUT2D eigenvalue weighted by Gasteiger charge is -2.23. The van der Waals surface area contributed by atoms with Gasteiger partial charge in [-0.2, -0.15) is 0 Å². The Labute approximate surface area is 162 Å². The molecule has 1 aromatic carbocycles. The number of para-hydroxylation sites is 2. The van der Waals surface area contributed by atoms with Gasteiger partial charge in [-0.05, 0) is 44.9 Å². The number of amides is 1. The van der Waals surface area contributed by atoms with Crippen molar-refractivity contribution >= 4 is 28.1 Å². The van der Waals surface area contributed by atoms with Crippen LogP contribution < -0.4 is 0 Å². The van der Waals surface area contributed by atoms with E-state index in [9.17, 15) is 4.79 Å². The molecule has 7 heteroatoms. The number of nitrogens with zero attached hydrogens (tertiary/aromatic N) is 5. The van der Waals surface area contributed by atoms with Gasteiger partial charge in [-0.3, -0.25) is 4.79 Å². The van der Waals surface area contributed by atoms with Gasteiger partial charge in [0, 0.05) is 18.8 Å². The standard InChI is InChI=1S/C21H22N6O/c1-13(2)27-12-23-17-10-14(11-22-20(17)27)21(28)26-9-5-8-18(26)19-24-15-6-3-4-7-16(15)25-19/h3-4,6-7,10-13,18H,5,8-9H2,1-2H3,(H,24,25). The number of carbonyl (C=O) groups excluding carboxylic acids is 1. The third-order valence-corrected chi connectivity index (χ3v) is 5.45. The Morgan fingerprint density at radius 2 is 2.07 bits per heavy atom. The molecular weight excluding hydrogens is 352 g/mol. The molecule has 28 heavy (non-hydrogen) atoms. The molecule has 1 N–H and O–H groups in total. The average Bonchev–Trinajstić information content (AvgIpc) is 3.43. The van der Waals surface area contributed by atoms with E-state index in [0.717, 1.165) is 47.4 Å². The van der Waals surface area contributed by atoms with Crippen molar-refractivity contribution in [3.05, 3.63) is 54.2 Å². The number of benzene rings is 1. The number of hydrogen-bond acceptors (Lipinski definition) is 4. The first-order chi connectivity index (χ1) is 13.6. The van der Waals surface area contributed by atoms with Gasteiger partial charge in [0.25, 0.3) is 5.91 Å². The number of nitrogens with one attached hydrogen (secondary N) is 1. The average molecular weight is 374 g/mol. The molecule has 0 radical (unpaired) electrons. The Balaban J connectivity index is 1.47. The van der Waals surface area contributed by atoms with Crippen LogP contribution in [0.3, 0.4) is 0 Å². The maximum atomic E-state index is 13.2. The van der Waals surface area contributed by atoms with Gasteiger partial charge < -0.3 is 14.5 Å². The van der Waals surface area contributed by atoms with Crippen molar-refractivity contribution in [2.45, 2.75) is 38.8 Å². The molecule has 1 amide bonds. The highest BCUT2D eigenvalue weighted by molar-refractivity contribution is 5.96. The molecule has 0 bridgehead atoms. The molecule has 1 fully saturated rings. The molecule has 7 nitrogen and oxygen atoms in total. The van der Waals surface area contributed by atoms with Gasteiger partial charge in [-0.25, -0.2) is 15.0 Å². The smallest absolute Gasteiger partial charge is 0.256 e. The van der Waals surface area contributed by atoms with Gasteiger partial charge >= 0.3 is 0 Å². The van der Waals surface area contributed by atoms with Crippen LogP contribution in [0.4, 0.5) is 0 Å². The largest absolute Gasteiger partial charge is 0.340 e. The van der Waals surface area contributed by atoms with Gasteiger partial charge in [0.1, 0.15) is 11.3 Å². The number of carbonyl (C=O) groups is 1. The van der Waals surface area contributed by atoms with Crippen LogP contribution in [-0.2, 0) is 0 Å². The molecule has 4 heterocycles. The minimum atomic E-state index is -0.0381. The van der Waals surface area contributed by atoms with Crippen LogP contribution in [0.1, 0.15) is 55.0 Å². The van der Waals surface area contributed by atoms with Gasteiger partial charge in [0.2, 0.25) is 0 Å². The monoisotopic (exact) mass is 374 g/mol. The van der Waals surface area contributed by atoms with Crippen molar-refractivity contribution in [2.24, 2.45) is 0 Å². The van der Waals surface area contributed by atoms with Crippen molar-refractivity contribution in [2.75, 3.05) is 6.54 Å². The summed E-state index contributed by atoms with van der Waals surface area (Å²) >= 11 is 0. The van der Waals surface area contributed by atoms with E-state index in [-0.39, 0.29) is 18.0 Å². The molecule has 1 saturated heterocycles. The number of hydrogen-bond donors (Lipinski definition) is 1. The van der Waals surface area contributed by atoms with Crippen LogP contribution >= 0.6 is 0 Å². The van der Waals surface area contributed by atoms with Crippen LogP contribution in [0.2, 0.25) is 0 Å². The van der Waals surface area contributed by atoms with Gasteiger partial charge in [-0.15, -0.1) is 0 Å². The predicted molar refractivity (Wildman–Crippen MR) is 107 cm³/mol. The minimum Gasteiger partial charge on any atom is -0.340 e. The molecule has 1 atom stereocenters. The lowest BCUT2D eigenvalue weighted by atomic mass is 10.2. The van der Waals surface area contributed by atoms with E-state index >= 15 is 0 Å². The Kier molecular flexibility index (Phi) is 3.89. The number of pyridine rings is 1. The fraction of sp³-hybridized carbons (Fsp3) is 0.333. The van der Waals surface area contributed by atoms with E-state index in [1.165, 1.54) is 0 Å². The lowest BCUT2D eigenvalue weighted by molar-refractivity contribution is 0.0730. The van der Waals surface area contributed by atoms with Gasteiger partial charge in [0.15, 0.2) is 5.65 Å². The zero-order valence-corrected chi connectivity index (χ0v) is 16.0. The first kappa shape index (κ1) is 16.9. The van der Waals surface area contributed by atoms with Gasteiger partial charge in [0.05, 0.1) is 29.0 Å². The molecule has 1 aliphatic rings. The van der Waals surface area contributed by atoms with E-state index in [1.54, 1.807) is 12.5 Å². The predicted octanol–water partition coefficient (Wildman–Crippen LogP) is 3.87. The quantitative estimate of drug-likeness (QED) is 0.590. The number of likely N-dealkylation sites (tertiary alicyclic amines) is 1. The first-order valence-electron chi connectivity index (χ1n) is 9.70. The third kappa shape index (κ3) is 2.66. The van der Waals surface area contributed by atoms with Crippen molar-refractivity contribution in [3.63, 3.8) is 0 Å². The molecule has 1 unspecified atom stereocenters. The van der Waals surface area contributed by atoms with E-state index in [4.69, 9.17) is 4.98 Å². The zero-order chi connectivity index (χ0) is 19.3. The van der Waals surface area contributed by atoms with Crippen molar-refractivity contribution < 1.29 is 4.79 Å². The summed E-state index contributed by atoms with van der Waals surface area (Å²) < 4.78 is 2.01. The summed E-state index contributed by atoms with van der Waals surface area (Å²) in [4.78, 5) is 32.2. The Morgan fingerprint density at radius 1 is 1.21 bits per heavy atom. The number of aromatic nitrogens is 5. The first-order valence-corrected chi connectivity index (χ1v) is 9.70. The summed E-state index contributed by atoms with van der Waals surface area (Å²) in [6, 6.07) is 10.0. The SMILES string of the molecule is CC(C)n1cnc2cc(C(=O)N3CCCC3c3nc4ccccc4[nH]3)cnc21. The third-order valence-electron chi connectivity index (χ3n) is 5.45. The number of aromatic amines is 1. The molecule has 4 aromatic rings. The lowest BCUT2D eigenvalue weighted by Crippen LogP contribution is -2.31. The van der Waals surface area contributed by atoms with Crippen LogP contribution in [0.25, 0.3) is 22.2 Å². The number of H-pyrrole nitrogens is 1. The van der Waals surface area contributed by atoms with E-state index < -0.39 is 0 Å². The summed E-state index contributed by atoms with van der Waals surface area (Å²) in [5.41, 5.74) is 4.06. The topological polar surface area (TPSA) is 79.7 Å². The van der Waals surface area contributed by atoms with Crippen molar-refractivity contribution in [1.29, 1.82) is 0 Å². The summed E-state index contributed by atoms with van der Waals surface area (Å²) in [5, 5.41) is 0. The minimum absolute atomic E-state index is 0.0172. The maximum Gasteiger partial charge on any atom is 0.256 e. The Morgan fingerprint density at radius 3 is 2.89 bits per heavy atom. The van der Waals surface area contributed by atoms with Crippen LogP contribution in [0, 0.1) is 0 Å². The van der Waals surface area contributed by atoms with Crippen LogP contribution in [0.5, 0.6) is 0 Å². The number of fused-ring (bicyclic) bond motifs is 2. The summed E-state index contributed by atoms with van der Waals surface area (Å²) in [5.74, 6) is 0.835. The highest BCUT2D eigenvalue weighted by Gasteiger charge is 2.33. The second kappa shape index (κ2) is 6.44. The van der Waals surface area contributed by atoms with Crippen LogP contribution in [0.15, 0.2) is 42.9 Å². The molecular formula is C21H22N6O. The van der Waals surface area contributed by atoms with Crippen molar-refractivity contribution in [1.82, 2.24) is 29.4 Å². The van der Waals surface area contributed by atoms with Gasteiger partial charge in [-0.1, -0.05) is 12.1 Å². The molecule has 3 aromatic heterocycles. The molecule has 142 valence electrons. The highest BCUT2D eigenvalue weighted by atomic mass is 16.2. The molecule has 5 rings (SSSR count). The summed E-state index contributed by atoms with van der Waals surface area (Å²) in [6.45, 7) is 4.90. The summed E-state index contributed by atoms with van der Waals surface area (Å²) in [7, 11) is 0. The normalized spacial score (nSPS) is 17.2. The second-order valence-corrected chi connectivity index (χ2v) is 7.61. The van der Waals surface area contributed by atoms with E-state index in [2.05, 4.69) is 28.8 Å². The van der Waals surface area contributed by atoms with Crippen molar-refractivity contribution in [3.8, 4) is 0 Å². The maximum absolute atomic E-state index is 13.2. The molecule has 0 saturated carbocycles. The van der Waals surface area contributed by atoms with E-state index in [0.29, 0.717) is 5.56 Å². The van der Waals surface area contributed by atoms with Crippen LogP contribution in [-0.4, -0.2) is 41.9 Å². The Hall–Kier alpha value is -3.22. The highest BCUT2D eigenvalue weighted by Crippen LogP contribution is 2.33. The Bertz CT molecular complexity index is 1140. The number of imidazole rings is 2. The molecule has 0 spiro atoms. The second-order valence-electron chi connectivity index (χ2n) is 7.61. The van der Waals surface area contributed by atoms with E-state index in [1.807, 2.05) is 39.8 Å².